The smallest absolute Gasteiger partial charge is 0.355 e. The highest BCUT2D eigenvalue weighted by Crippen LogP contribution is 2.27. The molecule has 1 aromatic heterocycles. The number of amides is 1. The van der Waals surface area contributed by atoms with Crippen LogP contribution in [-0.4, -0.2) is 28.2 Å². The van der Waals surface area contributed by atoms with Gasteiger partial charge in [0.1, 0.15) is 17.3 Å². The third kappa shape index (κ3) is 6.33. The van der Waals surface area contributed by atoms with Crippen LogP contribution in [0.1, 0.15) is 17.2 Å². The van der Waals surface area contributed by atoms with E-state index in [4.69, 9.17) is 0 Å². The molecule has 0 aliphatic heterocycles. The van der Waals surface area contributed by atoms with E-state index in [9.17, 15) is 22.4 Å². The van der Waals surface area contributed by atoms with Gasteiger partial charge in [-0.05, 0) is 37.3 Å². The van der Waals surface area contributed by atoms with Crippen LogP contribution < -0.4 is 5.32 Å². The molecule has 1 N–H and O–H groups in total. The van der Waals surface area contributed by atoms with Gasteiger partial charge in [-0.15, -0.1) is 11.8 Å². The molecule has 0 radical (unpaired) electrons. The third-order valence-corrected chi connectivity index (χ3v) is 4.06. The SMILES string of the molecule is Cc1cc(C(F)(F)F)nc(CCNC(=O)CSc2ccc(F)cc2)n1. The molecule has 0 bridgehead atoms. The Morgan fingerprint density at radius 1 is 1.20 bits per heavy atom. The van der Waals surface area contributed by atoms with Crippen molar-refractivity contribution in [1.82, 2.24) is 15.3 Å². The summed E-state index contributed by atoms with van der Waals surface area (Å²) < 4.78 is 50.9. The number of thioether (sulfide) groups is 1. The Hall–Kier alpha value is -2.16. The van der Waals surface area contributed by atoms with Gasteiger partial charge < -0.3 is 5.32 Å². The first-order valence-corrected chi connectivity index (χ1v) is 8.29. The molecule has 0 saturated carbocycles. The fourth-order valence-electron chi connectivity index (χ4n) is 1.93. The van der Waals surface area contributed by atoms with Gasteiger partial charge in [0.2, 0.25) is 5.91 Å². The van der Waals surface area contributed by atoms with Gasteiger partial charge in [0, 0.05) is 23.6 Å². The van der Waals surface area contributed by atoms with Crippen LogP contribution in [-0.2, 0) is 17.4 Å². The molecular formula is C16H15F4N3OS. The molecule has 1 heterocycles. The lowest BCUT2D eigenvalue weighted by atomic mass is 10.3. The molecule has 0 fully saturated rings. The molecule has 0 aliphatic carbocycles. The minimum absolute atomic E-state index is 0.0267. The summed E-state index contributed by atoms with van der Waals surface area (Å²) in [5, 5.41) is 2.60. The van der Waals surface area contributed by atoms with E-state index in [2.05, 4.69) is 15.3 Å². The summed E-state index contributed by atoms with van der Waals surface area (Å²) in [5.41, 5.74) is -0.774. The zero-order valence-electron chi connectivity index (χ0n) is 13.2. The number of nitrogens with zero attached hydrogens (tertiary/aromatic N) is 2. The monoisotopic (exact) mass is 373 g/mol. The first-order valence-electron chi connectivity index (χ1n) is 7.31. The average Bonchev–Trinajstić information content (AvgIpc) is 2.53. The van der Waals surface area contributed by atoms with Gasteiger partial charge in [-0.1, -0.05) is 0 Å². The molecule has 0 unspecified atom stereocenters. The van der Waals surface area contributed by atoms with E-state index in [1.807, 2.05) is 0 Å². The van der Waals surface area contributed by atoms with Gasteiger partial charge >= 0.3 is 6.18 Å². The van der Waals surface area contributed by atoms with Gasteiger partial charge in [0.15, 0.2) is 0 Å². The van der Waals surface area contributed by atoms with E-state index in [0.717, 1.165) is 11.0 Å². The molecule has 1 amide bonds. The molecule has 9 heteroatoms. The number of carbonyl (C=O) groups excluding carboxylic acids is 1. The van der Waals surface area contributed by atoms with Crippen molar-refractivity contribution in [1.29, 1.82) is 0 Å². The minimum atomic E-state index is -4.53. The highest BCUT2D eigenvalue weighted by Gasteiger charge is 2.33. The van der Waals surface area contributed by atoms with Crippen molar-refractivity contribution >= 4 is 17.7 Å². The van der Waals surface area contributed by atoms with Gasteiger partial charge in [0.05, 0.1) is 5.75 Å². The predicted octanol–water partition coefficient (Wildman–Crippen LogP) is 3.39. The molecule has 0 atom stereocenters. The lowest BCUT2D eigenvalue weighted by Crippen LogP contribution is -2.28. The molecule has 4 nitrogen and oxygen atoms in total. The van der Waals surface area contributed by atoms with Crippen LogP contribution in [0.15, 0.2) is 35.2 Å². The van der Waals surface area contributed by atoms with Crippen molar-refractivity contribution in [3.05, 3.63) is 53.4 Å². The summed E-state index contributed by atoms with van der Waals surface area (Å²) in [4.78, 5) is 19.9. The quantitative estimate of drug-likeness (QED) is 0.623. The number of carbonyl (C=O) groups is 1. The summed E-state index contributed by atoms with van der Waals surface area (Å²) in [5.74, 6) is -0.490. The number of hydrogen-bond donors (Lipinski definition) is 1. The molecule has 1 aromatic carbocycles. The van der Waals surface area contributed by atoms with Crippen molar-refractivity contribution in [2.45, 2.75) is 24.4 Å². The molecule has 2 aromatic rings. The standard InChI is InChI=1S/C16H15F4N3OS/c1-10-8-13(16(18,19)20)23-14(22-10)6-7-21-15(24)9-25-12-4-2-11(17)3-5-12/h2-5,8H,6-7,9H2,1H3,(H,21,24). The number of hydrogen-bond acceptors (Lipinski definition) is 4. The molecule has 0 saturated heterocycles. The number of aromatic nitrogens is 2. The Morgan fingerprint density at radius 2 is 1.88 bits per heavy atom. The number of rotatable bonds is 6. The second-order valence-corrected chi connectivity index (χ2v) is 6.20. The van der Waals surface area contributed by atoms with Crippen molar-refractivity contribution in [3.63, 3.8) is 0 Å². The Balaban J connectivity index is 1.81. The van der Waals surface area contributed by atoms with Crippen LogP contribution in [0, 0.1) is 12.7 Å². The maximum absolute atomic E-state index is 12.8. The van der Waals surface area contributed by atoms with Crippen LogP contribution in [0.25, 0.3) is 0 Å². The third-order valence-electron chi connectivity index (χ3n) is 3.05. The first-order chi connectivity index (χ1) is 11.7. The molecule has 0 spiro atoms. The lowest BCUT2D eigenvalue weighted by Gasteiger charge is -2.09. The van der Waals surface area contributed by atoms with Gasteiger partial charge in [-0.3, -0.25) is 4.79 Å². The van der Waals surface area contributed by atoms with Gasteiger partial charge in [0.25, 0.3) is 0 Å². The van der Waals surface area contributed by atoms with E-state index in [1.165, 1.54) is 30.8 Å². The topological polar surface area (TPSA) is 54.9 Å². The normalized spacial score (nSPS) is 11.4. The predicted molar refractivity (Wildman–Crippen MR) is 85.6 cm³/mol. The Kier molecular flexibility index (Phi) is 6.35. The second-order valence-electron chi connectivity index (χ2n) is 5.15. The highest BCUT2D eigenvalue weighted by atomic mass is 32.2. The molecular weight excluding hydrogens is 358 g/mol. The summed E-state index contributed by atoms with van der Waals surface area (Å²) in [7, 11) is 0. The van der Waals surface area contributed by atoms with Gasteiger partial charge in [-0.25, -0.2) is 14.4 Å². The summed E-state index contributed by atoms with van der Waals surface area (Å²) in [6, 6.07) is 6.60. The summed E-state index contributed by atoms with van der Waals surface area (Å²) in [6.07, 6.45) is -4.44. The van der Waals surface area contributed by atoms with Crippen molar-refractivity contribution in [2.75, 3.05) is 12.3 Å². The number of aryl methyl sites for hydroxylation is 1. The molecule has 0 aliphatic rings. The van der Waals surface area contributed by atoms with Crippen LogP contribution in [0.2, 0.25) is 0 Å². The van der Waals surface area contributed by atoms with Gasteiger partial charge in [-0.2, -0.15) is 13.2 Å². The maximum atomic E-state index is 12.8. The van der Waals surface area contributed by atoms with E-state index < -0.39 is 11.9 Å². The van der Waals surface area contributed by atoms with Crippen LogP contribution >= 0.6 is 11.8 Å². The fourth-order valence-corrected chi connectivity index (χ4v) is 2.66. The van der Waals surface area contributed by atoms with Crippen molar-refractivity contribution in [3.8, 4) is 0 Å². The van der Waals surface area contributed by atoms with E-state index in [1.54, 1.807) is 12.1 Å². The second kappa shape index (κ2) is 8.28. The summed E-state index contributed by atoms with van der Waals surface area (Å²) >= 11 is 1.23. The molecule has 25 heavy (non-hydrogen) atoms. The average molecular weight is 373 g/mol. The Bertz CT molecular complexity index is 735. The van der Waals surface area contributed by atoms with Crippen molar-refractivity contribution in [2.24, 2.45) is 0 Å². The summed E-state index contributed by atoms with van der Waals surface area (Å²) in [6.45, 7) is 1.59. The fraction of sp³-hybridized carbons (Fsp3) is 0.312. The maximum Gasteiger partial charge on any atom is 0.433 e. The lowest BCUT2D eigenvalue weighted by molar-refractivity contribution is -0.141. The van der Waals surface area contributed by atoms with Crippen LogP contribution in [0.4, 0.5) is 17.6 Å². The van der Waals surface area contributed by atoms with E-state index in [0.29, 0.717) is 0 Å². The number of nitrogens with one attached hydrogen (secondary N) is 1. The highest BCUT2D eigenvalue weighted by molar-refractivity contribution is 8.00. The van der Waals surface area contributed by atoms with Crippen LogP contribution in [0.3, 0.4) is 0 Å². The van der Waals surface area contributed by atoms with E-state index in [-0.39, 0.29) is 42.0 Å². The Labute approximate surface area is 146 Å². The Morgan fingerprint density at radius 3 is 2.52 bits per heavy atom. The van der Waals surface area contributed by atoms with Crippen molar-refractivity contribution < 1.29 is 22.4 Å². The number of alkyl halides is 3. The molecule has 2 rings (SSSR count). The van der Waals surface area contributed by atoms with Crippen LogP contribution in [0.5, 0.6) is 0 Å². The first kappa shape index (κ1) is 19.2. The van der Waals surface area contributed by atoms with E-state index >= 15 is 0 Å². The number of benzene rings is 1. The number of halogens is 4. The zero-order valence-corrected chi connectivity index (χ0v) is 14.0. The largest absolute Gasteiger partial charge is 0.433 e. The minimum Gasteiger partial charge on any atom is -0.355 e. The zero-order chi connectivity index (χ0) is 18.4. The molecule has 134 valence electrons.